The Hall–Kier alpha value is -2.66. The van der Waals surface area contributed by atoms with Crippen LogP contribution in [-0.2, 0) is 17.8 Å². The Morgan fingerprint density at radius 3 is 2.86 bits per heavy atom. The molecule has 2 aromatic rings. The van der Waals surface area contributed by atoms with Gasteiger partial charge >= 0.3 is 0 Å². The van der Waals surface area contributed by atoms with E-state index in [2.05, 4.69) is 41.4 Å². The van der Waals surface area contributed by atoms with Gasteiger partial charge in [0.25, 0.3) is 0 Å². The van der Waals surface area contributed by atoms with Gasteiger partial charge in [-0.25, -0.2) is 0 Å². The van der Waals surface area contributed by atoms with E-state index in [4.69, 9.17) is 4.74 Å². The van der Waals surface area contributed by atoms with Crippen molar-refractivity contribution >= 4 is 11.4 Å². The Morgan fingerprint density at radius 1 is 1.29 bits per heavy atom. The van der Waals surface area contributed by atoms with Crippen LogP contribution in [0.25, 0.3) is 5.70 Å². The third kappa shape index (κ3) is 3.54. The van der Waals surface area contributed by atoms with E-state index < -0.39 is 0 Å². The van der Waals surface area contributed by atoms with Gasteiger partial charge in [-0.15, -0.1) is 0 Å². The van der Waals surface area contributed by atoms with Gasteiger partial charge in [-0.2, -0.15) is 0 Å². The lowest BCUT2D eigenvalue weighted by molar-refractivity contribution is 0.195. The van der Waals surface area contributed by atoms with Gasteiger partial charge in [-0.05, 0) is 48.6 Å². The van der Waals surface area contributed by atoms with Crippen LogP contribution in [0.2, 0.25) is 0 Å². The van der Waals surface area contributed by atoms with Crippen LogP contribution in [0.15, 0.2) is 36.4 Å². The van der Waals surface area contributed by atoms with Crippen LogP contribution in [0.1, 0.15) is 42.0 Å². The molecule has 0 aromatic heterocycles. The summed E-state index contributed by atoms with van der Waals surface area (Å²) in [6.07, 6.45) is 4.06. The monoisotopic (exact) mass is 380 g/mol. The molecule has 2 aromatic carbocycles. The van der Waals surface area contributed by atoms with Gasteiger partial charge < -0.3 is 25.2 Å². The highest BCUT2D eigenvalue weighted by Gasteiger charge is 2.27. The Balaban J connectivity index is 1.64. The first-order chi connectivity index (χ1) is 13.6. The predicted molar refractivity (Wildman–Crippen MR) is 111 cm³/mol. The van der Waals surface area contributed by atoms with Crippen LogP contribution in [0.4, 0.5) is 5.69 Å². The summed E-state index contributed by atoms with van der Waals surface area (Å²) < 4.78 is 5.50. The number of allylic oxidation sites excluding steroid dienone is 1. The summed E-state index contributed by atoms with van der Waals surface area (Å²) in [4.78, 5) is 2.31. The normalized spacial score (nSPS) is 19.1. The van der Waals surface area contributed by atoms with E-state index in [-0.39, 0.29) is 11.5 Å². The van der Waals surface area contributed by atoms with E-state index in [1.165, 1.54) is 22.9 Å². The molecule has 148 valence electrons. The molecule has 2 aliphatic rings. The lowest BCUT2D eigenvalue weighted by atomic mass is 10.0. The third-order valence-corrected chi connectivity index (χ3v) is 5.57. The molecule has 1 saturated heterocycles. The van der Waals surface area contributed by atoms with Gasteiger partial charge in [-0.3, -0.25) is 0 Å². The minimum Gasteiger partial charge on any atom is -0.508 e. The molecule has 1 fully saturated rings. The van der Waals surface area contributed by atoms with Gasteiger partial charge in [0, 0.05) is 42.7 Å². The highest BCUT2D eigenvalue weighted by molar-refractivity contribution is 5.74. The molecule has 0 aliphatic carbocycles. The maximum absolute atomic E-state index is 10.5. The fourth-order valence-corrected chi connectivity index (χ4v) is 4.26. The largest absolute Gasteiger partial charge is 0.508 e. The fraction of sp³-hybridized carbons (Fsp3) is 0.391. The highest BCUT2D eigenvalue weighted by Crippen LogP contribution is 2.40. The van der Waals surface area contributed by atoms with Crippen molar-refractivity contribution in [1.82, 2.24) is 4.90 Å². The maximum Gasteiger partial charge on any atom is 0.128 e. The SMILES string of the molecule is CCC=C(c1c(C)cc(O)cc1O)N1Cc2cccc(NC3CCOC3)c2C1. The van der Waals surface area contributed by atoms with Crippen molar-refractivity contribution in [3.63, 3.8) is 0 Å². The number of nitrogens with one attached hydrogen (secondary N) is 1. The standard InChI is InChI=1S/C23H28N2O3/c1-3-5-21(23-15(2)10-18(26)11-22(23)27)25-12-16-6-4-7-20(19(16)13-25)24-17-8-9-28-14-17/h4-7,10-11,17,24,26-27H,3,8-9,12-14H2,1-2H3. The molecular weight excluding hydrogens is 352 g/mol. The zero-order valence-electron chi connectivity index (χ0n) is 16.5. The molecule has 1 atom stereocenters. The number of rotatable bonds is 5. The minimum atomic E-state index is 0.0876. The summed E-state index contributed by atoms with van der Waals surface area (Å²) in [6.45, 7) is 7.20. The number of aromatic hydroxyl groups is 2. The summed E-state index contributed by atoms with van der Waals surface area (Å²) >= 11 is 0. The van der Waals surface area contributed by atoms with Crippen molar-refractivity contribution in [1.29, 1.82) is 0 Å². The number of anilines is 1. The molecule has 5 nitrogen and oxygen atoms in total. The van der Waals surface area contributed by atoms with Crippen molar-refractivity contribution in [2.75, 3.05) is 18.5 Å². The smallest absolute Gasteiger partial charge is 0.128 e. The molecule has 0 spiro atoms. The van der Waals surface area contributed by atoms with Gasteiger partial charge in [0.05, 0.1) is 12.6 Å². The zero-order valence-corrected chi connectivity index (χ0v) is 16.5. The molecule has 0 saturated carbocycles. The number of hydrogen-bond acceptors (Lipinski definition) is 5. The highest BCUT2D eigenvalue weighted by atomic mass is 16.5. The summed E-state index contributed by atoms with van der Waals surface area (Å²) in [6, 6.07) is 9.92. The maximum atomic E-state index is 10.5. The molecule has 1 unspecified atom stereocenters. The number of phenols is 2. The minimum absolute atomic E-state index is 0.0876. The number of phenolic OH excluding ortho intramolecular Hbond substituents is 2. The second-order valence-corrected chi connectivity index (χ2v) is 7.66. The van der Waals surface area contributed by atoms with Gasteiger partial charge in [0.2, 0.25) is 0 Å². The quantitative estimate of drug-likeness (QED) is 0.719. The molecule has 2 heterocycles. The van der Waals surface area contributed by atoms with E-state index in [1.807, 2.05) is 6.92 Å². The molecule has 0 bridgehead atoms. The number of nitrogens with zero attached hydrogens (tertiary/aromatic N) is 1. The zero-order chi connectivity index (χ0) is 19.7. The lowest BCUT2D eigenvalue weighted by Gasteiger charge is -2.24. The lowest BCUT2D eigenvalue weighted by Crippen LogP contribution is -2.20. The van der Waals surface area contributed by atoms with Crippen molar-refractivity contribution in [2.45, 2.75) is 45.8 Å². The number of ether oxygens (including phenoxy) is 1. The second kappa shape index (κ2) is 7.76. The first kappa shape index (κ1) is 18.7. The Kier molecular flexibility index (Phi) is 5.18. The topological polar surface area (TPSA) is 65.0 Å². The number of benzene rings is 2. The number of hydrogen-bond donors (Lipinski definition) is 3. The van der Waals surface area contributed by atoms with Crippen LogP contribution < -0.4 is 5.32 Å². The summed E-state index contributed by atoms with van der Waals surface area (Å²) in [5, 5.41) is 24.0. The van der Waals surface area contributed by atoms with Gasteiger partial charge in [0.15, 0.2) is 0 Å². The molecule has 28 heavy (non-hydrogen) atoms. The van der Waals surface area contributed by atoms with Crippen molar-refractivity contribution in [3.8, 4) is 11.5 Å². The third-order valence-electron chi connectivity index (χ3n) is 5.57. The molecule has 2 aliphatic heterocycles. The van der Waals surface area contributed by atoms with Crippen LogP contribution in [0.5, 0.6) is 11.5 Å². The fourth-order valence-electron chi connectivity index (χ4n) is 4.26. The molecule has 3 N–H and O–H groups in total. The Labute approximate surface area is 166 Å². The average molecular weight is 380 g/mol. The molecule has 0 amide bonds. The van der Waals surface area contributed by atoms with Gasteiger partial charge in [0.1, 0.15) is 11.5 Å². The molecule has 0 radical (unpaired) electrons. The van der Waals surface area contributed by atoms with Crippen molar-refractivity contribution in [2.24, 2.45) is 0 Å². The van der Waals surface area contributed by atoms with Crippen LogP contribution in [-0.4, -0.2) is 34.4 Å². The van der Waals surface area contributed by atoms with Crippen LogP contribution >= 0.6 is 0 Å². The van der Waals surface area contributed by atoms with E-state index in [0.717, 1.165) is 56.0 Å². The first-order valence-electron chi connectivity index (χ1n) is 10.00. The van der Waals surface area contributed by atoms with E-state index in [0.29, 0.717) is 6.04 Å². The van der Waals surface area contributed by atoms with E-state index in [9.17, 15) is 10.2 Å². The van der Waals surface area contributed by atoms with E-state index in [1.54, 1.807) is 6.07 Å². The van der Waals surface area contributed by atoms with Crippen LogP contribution in [0, 0.1) is 6.92 Å². The number of fused-ring (bicyclic) bond motifs is 1. The van der Waals surface area contributed by atoms with Crippen molar-refractivity contribution in [3.05, 3.63) is 58.7 Å². The Morgan fingerprint density at radius 2 is 2.14 bits per heavy atom. The van der Waals surface area contributed by atoms with Crippen molar-refractivity contribution < 1.29 is 14.9 Å². The second-order valence-electron chi connectivity index (χ2n) is 7.66. The van der Waals surface area contributed by atoms with E-state index >= 15 is 0 Å². The average Bonchev–Trinajstić information content (AvgIpc) is 3.30. The number of aryl methyl sites for hydroxylation is 1. The van der Waals surface area contributed by atoms with Crippen LogP contribution in [0.3, 0.4) is 0 Å². The summed E-state index contributed by atoms with van der Waals surface area (Å²) in [7, 11) is 0. The Bertz CT molecular complexity index is 878. The first-order valence-corrected chi connectivity index (χ1v) is 10.00. The molecule has 4 rings (SSSR count). The summed E-state index contributed by atoms with van der Waals surface area (Å²) in [5.74, 6) is 0.208. The molecular formula is C23H28N2O3. The summed E-state index contributed by atoms with van der Waals surface area (Å²) in [5.41, 5.74) is 6.48. The van der Waals surface area contributed by atoms with Gasteiger partial charge in [-0.1, -0.05) is 25.1 Å². The predicted octanol–water partition coefficient (Wildman–Crippen LogP) is 4.37. The molecule has 5 heteroatoms.